The number of hydrogen-bond acceptors (Lipinski definition) is 4. The first kappa shape index (κ1) is 18.9. The molecular formula is C17H38N4. The second kappa shape index (κ2) is 14.8. The predicted octanol–water partition coefficient (Wildman–Crippen LogP) is 1.87. The molecule has 0 aliphatic carbocycles. The van der Waals surface area contributed by atoms with E-state index in [1.165, 1.54) is 64.5 Å². The van der Waals surface area contributed by atoms with Crippen molar-refractivity contribution in [3.05, 3.63) is 0 Å². The van der Waals surface area contributed by atoms with E-state index in [4.69, 9.17) is 0 Å². The highest BCUT2D eigenvalue weighted by Gasteiger charge is 2.10. The molecule has 0 saturated carbocycles. The minimum absolute atomic E-state index is 0.767. The first-order valence-electron chi connectivity index (χ1n) is 9.29. The average molecular weight is 299 g/mol. The smallest absolute Gasteiger partial charge is 0.00791 e. The summed E-state index contributed by atoms with van der Waals surface area (Å²) in [4.78, 5) is 0. The highest BCUT2D eigenvalue weighted by Crippen LogP contribution is 2.08. The Labute approximate surface area is 132 Å². The van der Waals surface area contributed by atoms with E-state index in [1.807, 2.05) is 0 Å². The summed E-state index contributed by atoms with van der Waals surface area (Å²) in [6.07, 6.45) is 10.6. The number of piperidine rings is 1. The molecule has 1 unspecified atom stereocenters. The molecule has 1 aliphatic rings. The van der Waals surface area contributed by atoms with Crippen LogP contribution in [0.1, 0.15) is 58.3 Å². The van der Waals surface area contributed by atoms with Crippen molar-refractivity contribution in [1.82, 2.24) is 21.3 Å². The first-order chi connectivity index (χ1) is 10.4. The van der Waals surface area contributed by atoms with Crippen LogP contribution in [0, 0.1) is 0 Å². The molecule has 1 aliphatic heterocycles. The van der Waals surface area contributed by atoms with Gasteiger partial charge in [-0.1, -0.05) is 26.2 Å². The zero-order valence-electron chi connectivity index (χ0n) is 14.2. The van der Waals surface area contributed by atoms with Gasteiger partial charge in [0.05, 0.1) is 0 Å². The molecule has 0 aromatic rings. The van der Waals surface area contributed by atoms with Crippen LogP contribution in [-0.4, -0.2) is 51.9 Å². The molecule has 21 heavy (non-hydrogen) atoms. The van der Waals surface area contributed by atoms with Crippen LogP contribution >= 0.6 is 0 Å². The van der Waals surface area contributed by atoms with Crippen LogP contribution in [-0.2, 0) is 0 Å². The standard InChI is InChI=1S/C17H38N4/c1-2-3-5-10-19-15-16-20-12-7-11-18-14-9-17-8-4-6-13-21-17/h17-21H,2-16H2,1H3. The Bertz CT molecular complexity index is 205. The SMILES string of the molecule is CCCCCNCCNCCCNCCC1CCCCN1. The van der Waals surface area contributed by atoms with Crippen LogP contribution in [0.5, 0.6) is 0 Å². The molecule has 126 valence electrons. The van der Waals surface area contributed by atoms with Crippen LogP contribution in [0.15, 0.2) is 0 Å². The summed E-state index contributed by atoms with van der Waals surface area (Å²) >= 11 is 0. The van der Waals surface area contributed by atoms with Gasteiger partial charge in [0.25, 0.3) is 0 Å². The third kappa shape index (κ3) is 12.1. The topological polar surface area (TPSA) is 48.1 Å². The normalized spacial score (nSPS) is 19.0. The molecule has 0 amide bonds. The number of rotatable bonds is 14. The van der Waals surface area contributed by atoms with E-state index in [0.717, 1.165) is 38.8 Å². The first-order valence-corrected chi connectivity index (χ1v) is 9.29. The summed E-state index contributed by atoms with van der Waals surface area (Å²) in [5, 5.41) is 14.1. The third-order valence-electron chi connectivity index (χ3n) is 4.22. The van der Waals surface area contributed by atoms with Crippen molar-refractivity contribution in [1.29, 1.82) is 0 Å². The summed E-state index contributed by atoms with van der Waals surface area (Å²) < 4.78 is 0. The zero-order chi connectivity index (χ0) is 15.0. The van der Waals surface area contributed by atoms with Gasteiger partial charge in [0, 0.05) is 19.1 Å². The largest absolute Gasteiger partial charge is 0.317 e. The molecule has 1 rings (SSSR count). The van der Waals surface area contributed by atoms with Crippen LogP contribution in [0.4, 0.5) is 0 Å². The molecule has 4 nitrogen and oxygen atoms in total. The summed E-state index contributed by atoms with van der Waals surface area (Å²) in [5.74, 6) is 0. The Kier molecular flexibility index (Phi) is 13.3. The number of unbranched alkanes of at least 4 members (excludes halogenated alkanes) is 2. The summed E-state index contributed by atoms with van der Waals surface area (Å²) in [5.41, 5.74) is 0. The van der Waals surface area contributed by atoms with Gasteiger partial charge in [0.15, 0.2) is 0 Å². The molecule has 0 radical (unpaired) electrons. The fourth-order valence-corrected chi connectivity index (χ4v) is 2.84. The van der Waals surface area contributed by atoms with E-state index in [2.05, 4.69) is 28.2 Å². The Morgan fingerprint density at radius 2 is 1.52 bits per heavy atom. The second-order valence-electron chi connectivity index (χ2n) is 6.25. The fourth-order valence-electron chi connectivity index (χ4n) is 2.84. The Balaban J connectivity index is 1.69. The van der Waals surface area contributed by atoms with Gasteiger partial charge in [0.2, 0.25) is 0 Å². The summed E-state index contributed by atoms with van der Waals surface area (Å²) in [7, 11) is 0. The molecule has 4 heteroatoms. The van der Waals surface area contributed by atoms with E-state index in [-0.39, 0.29) is 0 Å². The van der Waals surface area contributed by atoms with Gasteiger partial charge in [-0.25, -0.2) is 0 Å². The Morgan fingerprint density at radius 1 is 0.810 bits per heavy atom. The lowest BCUT2D eigenvalue weighted by Gasteiger charge is -2.23. The van der Waals surface area contributed by atoms with Crippen LogP contribution < -0.4 is 21.3 Å². The number of hydrogen-bond donors (Lipinski definition) is 4. The minimum Gasteiger partial charge on any atom is -0.317 e. The van der Waals surface area contributed by atoms with Gasteiger partial charge >= 0.3 is 0 Å². The highest BCUT2D eigenvalue weighted by molar-refractivity contribution is 4.72. The maximum absolute atomic E-state index is 3.60. The van der Waals surface area contributed by atoms with Crippen molar-refractivity contribution < 1.29 is 0 Å². The van der Waals surface area contributed by atoms with E-state index >= 15 is 0 Å². The second-order valence-corrected chi connectivity index (χ2v) is 6.25. The van der Waals surface area contributed by atoms with Crippen molar-refractivity contribution in [2.45, 2.75) is 64.3 Å². The van der Waals surface area contributed by atoms with Crippen molar-refractivity contribution >= 4 is 0 Å². The Hall–Kier alpha value is -0.160. The van der Waals surface area contributed by atoms with Crippen molar-refractivity contribution in [2.24, 2.45) is 0 Å². The minimum atomic E-state index is 0.767. The van der Waals surface area contributed by atoms with Gasteiger partial charge in [-0.3, -0.25) is 0 Å². The van der Waals surface area contributed by atoms with E-state index in [9.17, 15) is 0 Å². The van der Waals surface area contributed by atoms with Crippen LogP contribution in [0.2, 0.25) is 0 Å². The third-order valence-corrected chi connectivity index (χ3v) is 4.22. The maximum Gasteiger partial charge on any atom is 0.00791 e. The molecule has 0 aromatic carbocycles. The van der Waals surface area contributed by atoms with Crippen molar-refractivity contribution in [2.75, 3.05) is 45.8 Å². The highest BCUT2D eigenvalue weighted by atomic mass is 15.0. The molecule has 0 aromatic heterocycles. The lowest BCUT2D eigenvalue weighted by Crippen LogP contribution is -2.36. The molecule has 1 fully saturated rings. The van der Waals surface area contributed by atoms with E-state index in [1.54, 1.807) is 0 Å². The quantitative estimate of drug-likeness (QED) is 0.370. The zero-order valence-corrected chi connectivity index (χ0v) is 14.2. The van der Waals surface area contributed by atoms with Crippen molar-refractivity contribution in [3.63, 3.8) is 0 Å². The molecule has 1 atom stereocenters. The van der Waals surface area contributed by atoms with Crippen LogP contribution in [0.3, 0.4) is 0 Å². The lowest BCUT2D eigenvalue weighted by molar-refractivity contribution is 0.376. The van der Waals surface area contributed by atoms with Gasteiger partial charge in [-0.2, -0.15) is 0 Å². The lowest BCUT2D eigenvalue weighted by atomic mass is 10.0. The molecular weight excluding hydrogens is 260 g/mol. The molecule has 0 bridgehead atoms. The van der Waals surface area contributed by atoms with E-state index in [0.29, 0.717) is 0 Å². The van der Waals surface area contributed by atoms with E-state index < -0.39 is 0 Å². The summed E-state index contributed by atoms with van der Waals surface area (Å²) in [6.45, 7) is 10.3. The Morgan fingerprint density at radius 3 is 2.19 bits per heavy atom. The predicted molar refractivity (Wildman–Crippen MR) is 93.0 cm³/mol. The molecule has 1 heterocycles. The van der Waals surface area contributed by atoms with Gasteiger partial charge in [-0.15, -0.1) is 0 Å². The number of nitrogens with one attached hydrogen (secondary N) is 4. The fraction of sp³-hybridized carbons (Fsp3) is 1.00. The molecule has 4 N–H and O–H groups in total. The van der Waals surface area contributed by atoms with Gasteiger partial charge in [0.1, 0.15) is 0 Å². The van der Waals surface area contributed by atoms with Gasteiger partial charge < -0.3 is 21.3 Å². The maximum atomic E-state index is 3.60. The molecule has 0 spiro atoms. The van der Waals surface area contributed by atoms with Crippen LogP contribution in [0.25, 0.3) is 0 Å². The monoisotopic (exact) mass is 298 g/mol. The summed E-state index contributed by atoms with van der Waals surface area (Å²) in [6, 6.07) is 0.767. The van der Waals surface area contributed by atoms with Crippen molar-refractivity contribution in [3.8, 4) is 0 Å². The van der Waals surface area contributed by atoms with Gasteiger partial charge in [-0.05, 0) is 64.8 Å². The molecule has 1 saturated heterocycles. The average Bonchev–Trinajstić information content (AvgIpc) is 2.53.